The monoisotopic (exact) mass is 254 g/mol. The lowest BCUT2D eigenvalue weighted by atomic mass is 10.1. The highest BCUT2D eigenvalue weighted by Crippen LogP contribution is 2.12. The zero-order valence-electron chi connectivity index (χ0n) is 11.5. The van der Waals surface area contributed by atoms with Crippen LogP contribution in [0.5, 0.6) is 0 Å². The maximum absolute atomic E-state index is 4.27. The first kappa shape index (κ1) is 14.7. The van der Waals surface area contributed by atoms with Crippen molar-refractivity contribution < 1.29 is 0 Å². The van der Waals surface area contributed by atoms with Crippen LogP contribution < -0.4 is 5.32 Å². The first-order chi connectivity index (χ1) is 8.22. The van der Waals surface area contributed by atoms with Crippen LogP contribution in [0, 0.1) is 6.92 Å². The van der Waals surface area contributed by atoms with E-state index >= 15 is 0 Å². The summed E-state index contributed by atoms with van der Waals surface area (Å²) < 4.78 is 0. The SMILES string of the molecule is CCCCCCCC(C)NCc1cnc(C)s1. The second-order valence-electron chi connectivity index (χ2n) is 4.83. The number of thiazole rings is 1. The molecule has 0 saturated heterocycles. The van der Waals surface area contributed by atoms with E-state index in [1.54, 1.807) is 11.3 Å². The van der Waals surface area contributed by atoms with Crippen molar-refractivity contribution in [3.63, 3.8) is 0 Å². The van der Waals surface area contributed by atoms with Crippen LogP contribution in [0.2, 0.25) is 0 Å². The average molecular weight is 254 g/mol. The number of unbranched alkanes of at least 4 members (excludes halogenated alkanes) is 4. The minimum absolute atomic E-state index is 0.624. The minimum Gasteiger partial charge on any atom is -0.309 e. The molecule has 1 aromatic rings. The highest BCUT2D eigenvalue weighted by molar-refractivity contribution is 7.11. The summed E-state index contributed by atoms with van der Waals surface area (Å²) in [5, 5.41) is 4.73. The summed E-state index contributed by atoms with van der Waals surface area (Å²) in [6, 6.07) is 0.624. The molecule has 0 spiro atoms. The summed E-state index contributed by atoms with van der Waals surface area (Å²) in [5.41, 5.74) is 0. The van der Waals surface area contributed by atoms with Crippen LogP contribution in [-0.2, 0) is 6.54 Å². The number of aromatic nitrogens is 1. The molecule has 17 heavy (non-hydrogen) atoms. The van der Waals surface area contributed by atoms with E-state index in [9.17, 15) is 0 Å². The standard InChI is InChI=1S/C14H26N2S/c1-4-5-6-7-8-9-12(2)15-10-14-11-16-13(3)17-14/h11-12,15H,4-10H2,1-3H3. The van der Waals surface area contributed by atoms with Gasteiger partial charge in [-0.15, -0.1) is 11.3 Å². The Morgan fingerprint density at radius 1 is 1.29 bits per heavy atom. The van der Waals surface area contributed by atoms with E-state index in [1.165, 1.54) is 43.4 Å². The van der Waals surface area contributed by atoms with Gasteiger partial charge in [-0.25, -0.2) is 4.98 Å². The lowest BCUT2D eigenvalue weighted by Crippen LogP contribution is -2.24. The quantitative estimate of drug-likeness (QED) is 0.665. The molecule has 1 atom stereocenters. The molecular weight excluding hydrogens is 228 g/mol. The molecule has 0 aromatic carbocycles. The van der Waals surface area contributed by atoms with Gasteiger partial charge in [0.05, 0.1) is 5.01 Å². The first-order valence-electron chi connectivity index (χ1n) is 6.87. The van der Waals surface area contributed by atoms with Gasteiger partial charge in [0, 0.05) is 23.7 Å². The summed E-state index contributed by atoms with van der Waals surface area (Å²) in [6.07, 6.45) is 10.1. The molecule has 1 heterocycles. The lowest BCUT2D eigenvalue weighted by Gasteiger charge is -2.12. The molecule has 2 nitrogen and oxygen atoms in total. The molecule has 0 bridgehead atoms. The van der Waals surface area contributed by atoms with Crippen LogP contribution in [0.4, 0.5) is 0 Å². The fraction of sp³-hybridized carbons (Fsp3) is 0.786. The summed E-state index contributed by atoms with van der Waals surface area (Å²) in [7, 11) is 0. The predicted octanol–water partition coefficient (Wildman–Crippen LogP) is 4.29. The van der Waals surface area contributed by atoms with E-state index in [1.807, 2.05) is 6.20 Å². The Bertz CT molecular complexity index is 296. The van der Waals surface area contributed by atoms with Crippen molar-refractivity contribution in [2.45, 2.75) is 71.9 Å². The van der Waals surface area contributed by atoms with Gasteiger partial charge in [0.1, 0.15) is 0 Å². The minimum atomic E-state index is 0.624. The van der Waals surface area contributed by atoms with Crippen LogP contribution >= 0.6 is 11.3 Å². The predicted molar refractivity (Wildman–Crippen MR) is 76.5 cm³/mol. The number of aryl methyl sites for hydroxylation is 1. The van der Waals surface area contributed by atoms with Gasteiger partial charge in [0.15, 0.2) is 0 Å². The third-order valence-electron chi connectivity index (χ3n) is 3.03. The zero-order valence-corrected chi connectivity index (χ0v) is 12.3. The summed E-state index contributed by atoms with van der Waals surface area (Å²) in [6.45, 7) is 7.59. The van der Waals surface area contributed by atoms with Crippen molar-refractivity contribution in [1.29, 1.82) is 0 Å². The fourth-order valence-corrected chi connectivity index (χ4v) is 2.66. The molecule has 3 heteroatoms. The van der Waals surface area contributed by atoms with E-state index in [-0.39, 0.29) is 0 Å². The van der Waals surface area contributed by atoms with Crippen molar-refractivity contribution in [3.05, 3.63) is 16.1 Å². The Kier molecular flexibility index (Phi) is 7.45. The van der Waals surface area contributed by atoms with Gasteiger partial charge in [-0.2, -0.15) is 0 Å². The van der Waals surface area contributed by atoms with Crippen molar-refractivity contribution >= 4 is 11.3 Å². The number of nitrogens with one attached hydrogen (secondary N) is 1. The largest absolute Gasteiger partial charge is 0.309 e. The summed E-state index contributed by atoms with van der Waals surface area (Å²) in [4.78, 5) is 5.62. The fourth-order valence-electron chi connectivity index (χ4n) is 1.92. The highest BCUT2D eigenvalue weighted by Gasteiger charge is 2.03. The zero-order chi connectivity index (χ0) is 12.5. The van der Waals surface area contributed by atoms with Crippen LogP contribution in [0.25, 0.3) is 0 Å². The molecule has 1 rings (SSSR count). The number of rotatable bonds is 9. The van der Waals surface area contributed by atoms with Crippen LogP contribution in [0.1, 0.15) is 62.3 Å². The summed E-state index contributed by atoms with van der Waals surface area (Å²) >= 11 is 1.79. The molecule has 0 aliphatic heterocycles. The van der Waals surface area contributed by atoms with Gasteiger partial charge in [-0.05, 0) is 20.3 Å². The van der Waals surface area contributed by atoms with Gasteiger partial charge >= 0.3 is 0 Å². The lowest BCUT2D eigenvalue weighted by molar-refractivity contribution is 0.481. The Morgan fingerprint density at radius 3 is 2.71 bits per heavy atom. The molecule has 1 unspecified atom stereocenters. The Morgan fingerprint density at radius 2 is 2.06 bits per heavy atom. The second kappa shape index (κ2) is 8.65. The molecule has 0 saturated carbocycles. The Balaban J connectivity index is 2.03. The molecular formula is C14H26N2S. The molecule has 0 amide bonds. The maximum Gasteiger partial charge on any atom is 0.0897 e. The third kappa shape index (κ3) is 6.79. The summed E-state index contributed by atoms with van der Waals surface area (Å²) in [5.74, 6) is 0. The van der Waals surface area contributed by atoms with Gasteiger partial charge in [-0.1, -0.05) is 39.0 Å². The van der Waals surface area contributed by atoms with Crippen molar-refractivity contribution in [3.8, 4) is 0 Å². The van der Waals surface area contributed by atoms with Crippen LogP contribution in [-0.4, -0.2) is 11.0 Å². The van der Waals surface area contributed by atoms with Gasteiger partial charge in [-0.3, -0.25) is 0 Å². The Labute approximate surface area is 110 Å². The molecule has 0 radical (unpaired) electrons. The molecule has 0 fully saturated rings. The van der Waals surface area contributed by atoms with E-state index < -0.39 is 0 Å². The van der Waals surface area contributed by atoms with E-state index in [2.05, 4.69) is 31.1 Å². The van der Waals surface area contributed by atoms with E-state index in [0.29, 0.717) is 6.04 Å². The van der Waals surface area contributed by atoms with Crippen molar-refractivity contribution in [1.82, 2.24) is 10.3 Å². The number of hydrogen-bond donors (Lipinski definition) is 1. The smallest absolute Gasteiger partial charge is 0.0897 e. The molecule has 0 aliphatic carbocycles. The van der Waals surface area contributed by atoms with Crippen LogP contribution in [0.3, 0.4) is 0 Å². The molecule has 98 valence electrons. The highest BCUT2D eigenvalue weighted by atomic mass is 32.1. The number of nitrogens with zero attached hydrogens (tertiary/aromatic N) is 1. The normalized spacial score (nSPS) is 12.9. The third-order valence-corrected chi connectivity index (χ3v) is 3.95. The number of hydrogen-bond acceptors (Lipinski definition) is 3. The van der Waals surface area contributed by atoms with E-state index in [0.717, 1.165) is 11.6 Å². The van der Waals surface area contributed by atoms with Gasteiger partial charge < -0.3 is 5.32 Å². The van der Waals surface area contributed by atoms with E-state index in [4.69, 9.17) is 0 Å². The molecule has 1 N–H and O–H groups in total. The average Bonchev–Trinajstić information content (AvgIpc) is 2.72. The maximum atomic E-state index is 4.27. The van der Waals surface area contributed by atoms with Gasteiger partial charge in [0.25, 0.3) is 0 Å². The topological polar surface area (TPSA) is 24.9 Å². The van der Waals surface area contributed by atoms with Crippen molar-refractivity contribution in [2.24, 2.45) is 0 Å². The Hall–Kier alpha value is -0.410. The second-order valence-corrected chi connectivity index (χ2v) is 6.15. The van der Waals surface area contributed by atoms with Gasteiger partial charge in [0.2, 0.25) is 0 Å². The first-order valence-corrected chi connectivity index (χ1v) is 7.68. The van der Waals surface area contributed by atoms with Crippen molar-refractivity contribution in [2.75, 3.05) is 0 Å². The molecule has 0 aliphatic rings. The molecule has 1 aromatic heterocycles. The van der Waals surface area contributed by atoms with Crippen LogP contribution in [0.15, 0.2) is 6.20 Å².